The lowest BCUT2D eigenvalue weighted by Gasteiger charge is -2.13. The average molecular weight is 329 g/mol. The monoisotopic (exact) mass is 328 g/mol. The predicted molar refractivity (Wildman–Crippen MR) is 81.0 cm³/mol. The normalized spacial score (nSPS) is 22.5. The topological polar surface area (TPSA) is 38.0 Å². The molecule has 19 heavy (non-hydrogen) atoms. The molecule has 0 spiro atoms. The van der Waals surface area contributed by atoms with Crippen LogP contribution in [0.3, 0.4) is 0 Å². The Kier molecular flexibility index (Phi) is 3.63. The fourth-order valence-corrected chi connectivity index (χ4v) is 4.35. The van der Waals surface area contributed by atoms with Crippen LogP contribution >= 0.6 is 15.9 Å². The Bertz CT molecular complexity index is 477. The van der Waals surface area contributed by atoms with Crippen molar-refractivity contribution < 1.29 is 5.11 Å². The minimum absolute atomic E-state index is 0.213. The molecule has 1 saturated carbocycles. The van der Waals surface area contributed by atoms with Gasteiger partial charge in [-0.15, -0.1) is 0 Å². The summed E-state index contributed by atoms with van der Waals surface area (Å²) in [6.45, 7) is 11.1. The molecule has 1 fully saturated rings. The molecule has 1 aliphatic rings. The van der Waals surface area contributed by atoms with Gasteiger partial charge in [-0.05, 0) is 39.1 Å². The van der Waals surface area contributed by atoms with Gasteiger partial charge in [-0.3, -0.25) is 4.68 Å². The molecule has 0 bridgehead atoms. The van der Waals surface area contributed by atoms with Gasteiger partial charge in [0.2, 0.25) is 0 Å². The van der Waals surface area contributed by atoms with Crippen molar-refractivity contribution >= 4 is 15.9 Å². The van der Waals surface area contributed by atoms with E-state index in [9.17, 15) is 5.11 Å². The molecular formula is C15H25BrN2O. The van der Waals surface area contributed by atoms with Gasteiger partial charge in [0.15, 0.2) is 0 Å². The van der Waals surface area contributed by atoms with Crippen molar-refractivity contribution in [3.63, 3.8) is 0 Å². The zero-order valence-corrected chi connectivity index (χ0v) is 14.4. The Morgan fingerprint density at radius 3 is 2.21 bits per heavy atom. The molecule has 0 aliphatic heterocycles. The quantitative estimate of drug-likeness (QED) is 0.920. The maximum atomic E-state index is 10.6. The second-order valence-corrected chi connectivity index (χ2v) is 7.67. The maximum absolute atomic E-state index is 10.6. The zero-order valence-electron chi connectivity index (χ0n) is 12.8. The molecule has 1 aliphatic carbocycles. The molecule has 0 amide bonds. The lowest BCUT2D eigenvalue weighted by atomic mass is 10.0. The number of hydrogen-bond donors (Lipinski definition) is 1. The van der Waals surface area contributed by atoms with E-state index in [0.29, 0.717) is 12.3 Å². The summed E-state index contributed by atoms with van der Waals surface area (Å²) in [4.78, 5) is 0. The molecule has 1 N–H and O–H groups in total. The first-order chi connectivity index (χ1) is 8.64. The van der Waals surface area contributed by atoms with Crippen molar-refractivity contribution in [1.82, 2.24) is 9.78 Å². The van der Waals surface area contributed by atoms with Crippen molar-refractivity contribution in [2.75, 3.05) is 0 Å². The fourth-order valence-electron chi connectivity index (χ4n) is 3.57. The standard InChI is InChI=1S/C15H25BrN2O/c1-7-9-12(16)10(18(6)17-9)8-11(19)13-14(2,3)15(13,4)5/h11,13,19H,7-8H2,1-6H3. The van der Waals surface area contributed by atoms with E-state index in [4.69, 9.17) is 0 Å². The maximum Gasteiger partial charge on any atom is 0.0766 e. The third kappa shape index (κ3) is 2.17. The van der Waals surface area contributed by atoms with Crippen LogP contribution in [0, 0.1) is 16.7 Å². The van der Waals surface area contributed by atoms with Crippen LogP contribution in [0.2, 0.25) is 0 Å². The fraction of sp³-hybridized carbons (Fsp3) is 0.800. The Labute approximate surface area is 124 Å². The van der Waals surface area contributed by atoms with Crippen molar-refractivity contribution in [1.29, 1.82) is 0 Å². The van der Waals surface area contributed by atoms with Gasteiger partial charge in [0.1, 0.15) is 0 Å². The summed E-state index contributed by atoms with van der Waals surface area (Å²) in [6, 6.07) is 0. The first kappa shape index (κ1) is 15.0. The first-order valence-corrected chi connectivity index (χ1v) is 7.82. The number of aliphatic hydroxyl groups excluding tert-OH is 1. The van der Waals surface area contributed by atoms with Gasteiger partial charge < -0.3 is 5.11 Å². The van der Waals surface area contributed by atoms with Crippen LogP contribution < -0.4 is 0 Å². The largest absolute Gasteiger partial charge is 0.392 e. The highest BCUT2D eigenvalue weighted by molar-refractivity contribution is 9.10. The lowest BCUT2D eigenvalue weighted by molar-refractivity contribution is 0.127. The van der Waals surface area contributed by atoms with Crippen molar-refractivity contribution in [2.24, 2.45) is 23.8 Å². The van der Waals surface area contributed by atoms with Crippen LogP contribution in [-0.2, 0) is 19.9 Å². The van der Waals surface area contributed by atoms with Crippen LogP contribution in [0.5, 0.6) is 0 Å². The second kappa shape index (κ2) is 4.59. The molecule has 1 aromatic heterocycles. The molecule has 1 unspecified atom stereocenters. The molecule has 4 heteroatoms. The minimum Gasteiger partial charge on any atom is -0.392 e. The summed E-state index contributed by atoms with van der Waals surface area (Å²) in [5, 5.41) is 15.1. The summed E-state index contributed by atoms with van der Waals surface area (Å²) < 4.78 is 2.96. The van der Waals surface area contributed by atoms with Crippen molar-refractivity contribution in [2.45, 2.75) is 53.6 Å². The number of aromatic nitrogens is 2. The smallest absolute Gasteiger partial charge is 0.0766 e. The highest BCUT2D eigenvalue weighted by atomic mass is 79.9. The molecule has 3 nitrogen and oxygen atoms in total. The zero-order chi connectivity index (χ0) is 14.6. The Balaban J connectivity index is 2.17. The van der Waals surface area contributed by atoms with Crippen LogP contribution in [0.15, 0.2) is 4.47 Å². The average Bonchev–Trinajstić information content (AvgIpc) is 2.56. The third-order valence-electron chi connectivity index (χ3n) is 5.42. The predicted octanol–water partition coefficient (Wildman–Crippen LogP) is 3.33. The van der Waals surface area contributed by atoms with Crippen molar-refractivity contribution in [3.05, 3.63) is 15.9 Å². The molecule has 108 valence electrons. The van der Waals surface area contributed by atoms with Gasteiger partial charge in [-0.2, -0.15) is 5.10 Å². The van der Waals surface area contributed by atoms with Crippen LogP contribution in [0.4, 0.5) is 0 Å². The number of rotatable bonds is 4. The summed E-state index contributed by atoms with van der Waals surface area (Å²) in [7, 11) is 1.95. The van der Waals surface area contributed by atoms with E-state index in [2.05, 4.69) is 55.6 Å². The molecule has 0 aromatic carbocycles. The Morgan fingerprint density at radius 1 is 1.32 bits per heavy atom. The highest BCUT2D eigenvalue weighted by Crippen LogP contribution is 2.69. The third-order valence-corrected chi connectivity index (χ3v) is 6.34. The van der Waals surface area contributed by atoms with Crippen LogP contribution in [0.1, 0.15) is 46.0 Å². The summed E-state index contributed by atoms with van der Waals surface area (Å²) in [5.41, 5.74) is 2.60. The first-order valence-electron chi connectivity index (χ1n) is 7.02. The highest BCUT2D eigenvalue weighted by Gasteiger charge is 2.67. The molecular weight excluding hydrogens is 304 g/mol. The number of halogens is 1. The van der Waals surface area contributed by atoms with Gasteiger partial charge in [0.25, 0.3) is 0 Å². The van der Waals surface area contributed by atoms with Gasteiger partial charge in [-0.1, -0.05) is 34.6 Å². The number of aliphatic hydroxyl groups is 1. The van der Waals surface area contributed by atoms with Gasteiger partial charge >= 0.3 is 0 Å². The summed E-state index contributed by atoms with van der Waals surface area (Å²) in [5.74, 6) is 0.354. The SMILES string of the molecule is CCc1nn(C)c(CC(O)C2C(C)(C)C2(C)C)c1Br. The van der Waals surface area contributed by atoms with E-state index in [1.54, 1.807) is 0 Å². The molecule has 2 rings (SSSR count). The molecule has 0 radical (unpaired) electrons. The minimum atomic E-state index is -0.304. The Morgan fingerprint density at radius 2 is 1.84 bits per heavy atom. The number of hydrogen-bond acceptors (Lipinski definition) is 2. The lowest BCUT2D eigenvalue weighted by Crippen LogP contribution is -2.19. The van der Waals surface area contributed by atoms with Crippen molar-refractivity contribution in [3.8, 4) is 0 Å². The van der Waals surface area contributed by atoms with E-state index in [1.807, 2.05) is 11.7 Å². The van der Waals surface area contributed by atoms with E-state index in [0.717, 1.165) is 22.3 Å². The molecule has 1 atom stereocenters. The van der Waals surface area contributed by atoms with E-state index in [1.165, 1.54) is 0 Å². The Hall–Kier alpha value is -0.350. The molecule has 1 aromatic rings. The summed E-state index contributed by atoms with van der Waals surface area (Å²) >= 11 is 3.62. The van der Waals surface area contributed by atoms with E-state index < -0.39 is 0 Å². The second-order valence-electron chi connectivity index (χ2n) is 6.88. The van der Waals surface area contributed by atoms with Gasteiger partial charge in [-0.25, -0.2) is 0 Å². The van der Waals surface area contributed by atoms with E-state index >= 15 is 0 Å². The molecule has 0 saturated heterocycles. The van der Waals surface area contributed by atoms with Gasteiger partial charge in [0, 0.05) is 13.5 Å². The summed E-state index contributed by atoms with van der Waals surface area (Å²) in [6.07, 6.45) is 1.27. The van der Waals surface area contributed by atoms with Gasteiger partial charge in [0.05, 0.1) is 22.0 Å². The molecule has 1 heterocycles. The number of aryl methyl sites for hydroxylation is 2. The van der Waals surface area contributed by atoms with Crippen LogP contribution in [0.25, 0.3) is 0 Å². The number of nitrogens with zero attached hydrogens (tertiary/aromatic N) is 2. The van der Waals surface area contributed by atoms with Crippen LogP contribution in [-0.4, -0.2) is 21.0 Å². The van der Waals surface area contributed by atoms with E-state index in [-0.39, 0.29) is 16.9 Å².